The van der Waals surface area contributed by atoms with Crippen LogP contribution < -0.4 is 10.9 Å². The summed E-state index contributed by atoms with van der Waals surface area (Å²) >= 11 is 3.29. The number of amides is 1. The average Bonchev–Trinajstić information content (AvgIpc) is 2.95. The molecule has 1 amide bonds. The molecule has 0 fully saturated rings. The van der Waals surface area contributed by atoms with E-state index < -0.39 is 0 Å². The third-order valence-corrected chi connectivity index (χ3v) is 3.98. The number of rotatable bonds is 4. The van der Waals surface area contributed by atoms with Gasteiger partial charge >= 0.3 is 0 Å². The number of para-hydroxylation sites is 1. The molecule has 0 radical (unpaired) electrons. The van der Waals surface area contributed by atoms with Crippen LogP contribution in [0.15, 0.2) is 62.3 Å². The molecule has 1 aromatic carbocycles. The molecule has 1 N–H and O–H groups in total. The second-order valence-corrected chi connectivity index (χ2v) is 6.20. The average molecular weight is 375 g/mol. The summed E-state index contributed by atoms with van der Waals surface area (Å²) in [5.41, 5.74) is 0.562. The fourth-order valence-electron chi connectivity index (χ4n) is 2.35. The van der Waals surface area contributed by atoms with Crippen LogP contribution in [0.5, 0.6) is 0 Å². The summed E-state index contributed by atoms with van der Waals surface area (Å²) in [6.07, 6.45) is 1.59. The molecule has 118 valence electrons. The van der Waals surface area contributed by atoms with Gasteiger partial charge in [-0.05, 0) is 41.1 Å². The van der Waals surface area contributed by atoms with Crippen LogP contribution in [0.1, 0.15) is 18.7 Å². The first-order valence-electron chi connectivity index (χ1n) is 7.17. The molecule has 3 rings (SSSR count). The normalized spacial score (nSPS) is 12.3. The minimum Gasteiger partial charge on any atom is -0.459 e. The summed E-state index contributed by atoms with van der Waals surface area (Å²) < 4.78 is 7.83. The van der Waals surface area contributed by atoms with Gasteiger partial charge in [0.1, 0.15) is 17.9 Å². The molecule has 2 aromatic heterocycles. The Morgan fingerprint density at radius 1 is 1.30 bits per heavy atom. The van der Waals surface area contributed by atoms with Crippen molar-refractivity contribution in [2.75, 3.05) is 0 Å². The van der Waals surface area contributed by atoms with Crippen LogP contribution in [0.3, 0.4) is 0 Å². The highest BCUT2D eigenvalue weighted by Crippen LogP contribution is 2.23. The Kier molecular flexibility index (Phi) is 4.34. The molecule has 0 spiro atoms. The zero-order valence-electron chi connectivity index (χ0n) is 12.5. The summed E-state index contributed by atoms with van der Waals surface area (Å²) in [5.74, 6) is 0.430. The first-order valence-corrected chi connectivity index (χ1v) is 7.96. The molecule has 5 nitrogen and oxygen atoms in total. The summed E-state index contributed by atoms with van der Waals surface area (Å²) in [6.45, 7) is 1.81. The second kappa shape index (κ2) is 6.42. The molecule has 1 atom stereocenters. The topological polar surface area (TPSA) is 64.2 Å². The number of pyridine rings is 1. The standard InChI is InChI=1S/C17H15BrN2O3/c1-11(15-8-12-4-2-3-5-14(12)23-15)19-16(21)10-20-9-13(18)6-7-17(20)22/h2-9,11H,10H2,1H3,(H,19,21). The third-order valence-electron chi connectivity index (χ3n) is 3.51. The Morgan fingerprint density at radius 2 is 2.09 bits per heavy atom. The fourth-order valence-corrected chi connectivity index (χ4v) is 2.73. The second-order valence-electron chi connectivity index (χ2n) is 5.29. The van der Waals surface area contributed by atoms with Crippen molar-refractivity contribution in [3.05, 3.63) is 69.2 Å². The number of furan rings is 1. The number of carbonyl (C=O) groups excluding carboxylic acids is 1. The van der Waals surface area contributed by atoms with Crippen LogP contribution in [0, 0.1) is 0 Å². The predicted octanol–water partition coefficient (Wildman–Crippen LogP) is 3.23. The van der Waals surface area contributed by atoms with Crippen LogP contribution in [0.2, 0.25) is 0 Å². The molecule has 23 heavy (non-hydrogen) atoms. The van der Waals surface area contributed by atoms with Crippen LogP contribution >= 0.6 is 15.9 Å². The molecular weight excluding hydrogens is 360 g/mol. The van der Waals surface area contributed by atoms with E-state index in [9.17, 15) is 9.59 Å². The largest absolute Gasteiger partial charge is 0.459 e. The Morgan fingerprint density at radius 3 is 2.87 bits per heavy atom. The van der Waals surface area contributed by atoms with E-state index >= 15 is 0 Å². The third kappa shape index (κ3) is 3.53. The minimum atomic E-state index is -0.280. The molecular formula is C17H15BrN2O3. The maximum atomic E-state index is 12.1. The Labute approximate surface area is 141 Å². The van der Waals surface area contributed by atoms with Gasteiger partial charge in [-0.3, -0.25) is 9.59 Å². The molecule has 2 heterocycles. The number of hydrogen-bond donors (Lipinski definition) is 1. The number of fused-ring (bicyclic) bond motifs is 1. The van der Waals surface area contributed by atoms with Crippen molar-refractivity contribution in [1.29, 1.82) is 0 Å². The monoisotopic (exact) mass is 374 g/mol. The smallest absolute Gasteiger partial charge is 0.251 e. The van der Waals surface area contributed by atoms with Gasteiger partial charge in [0.2, 0.25) is 5.91 Å². The highest BCUT2D eigenvalue weighted by atomic mass is 79.9. The highest BCUT2D eigenvalue weighted by molar-refractivity contribution is 9.10. The summed E-state index contributed by atoms with van der Waals surface area (Å²) in [6, 6.07) is 12.4. The van der Waals surface area contributed by atoms with Gasteiger partial charge in [-0.25, -0.2) is 0 Å². The molecule has 0 bridgehead atoms. The summed E-state index contributed by atoms with van der Waals surface area (Å²) in [7, 11) is 0. The van der Waals surface area contributed by atoms with Crippen molar-refractivity contribution in [2.24, 2.45) is 0 Å². The van der Waals surface area contributed by atoms with E-state index in [4.69, 9.17) is 4.42 Å². The summed E-state index contributed by atoms with van der Waals surface area (Å²) in [4.78, 5) is 23.9. The van der Waals surface area contributed by atoms with Crippen LogP contribution in [-0.2, 0) is 11.3 Å². The van der Waals surface area contributed by atoms with E-state index in [0.29, 0.717) is 5.76 Å². The highest BCUT2D eigenvalue weighted by Gasteiger charge is 2.14. The zero-order chi connectivity index (χ0) is 16.4. The SMILES string of the molecule is CC(NC(=O)Cn1cc(Br)ccc1=O)c1cc2ccccc2o1. The van der Waals surface area contributed by atoms with Crippen LogP contribution in [-0.4, -0.2) is 10.5 Å². The molecule has 0 saturated heterocycles. The molecule has 3 aromatic rings. The van der Waals surface area contributed by atoms with E-state index in [1.165, 1.54) is 10.6 Å². The Balaban J connectivity index is 1.71. The number of hydrogen-bond acceptors (Lipinski definition) is 3. The van der Waals surface area contributed by atoms with Crippen molar-refractivity contribution < 1.29 is 9.21 Å². The van der Waals surface area contributed by atoms with Crippen molar-refractivity contribution >= 4 is 32.8 Å². The van der Waals surface area contributed by atoms with E-state index in [1.807, 2.05) is 37.3 Å². The van der Waals surface area contributed by atoms with E-state index in [0.717, 1.165) is 15.4 Å². The number of carbonyl (C=O) groups is 1. The number of benzene rings is 1. The van der Waals surface area contributed by atoms with Gasteiger partial charge in [-0.2, -0.15) is 0 Å². The lowest BCUT2D eigenvalue weighted by Crippen LogP contribution is -2.33. The molecule has 0 aliphatic carbocycles. The van der Waals surface area contributed by atoms with Crippen molar-refractivity contribution in [1.82, 2.24) is 9.88 Å². The van der Waals surface area contributed by atoms with Crippen molar-refractivity contribution in [3.63, 3.8) is 0 Å². The molecule has 6 heteroatoms. The van der Waals surface area contributed by atoms with E-state index in [2.05, 4.69) is 21.2 Å². The first-order chi connectivity index (χ1) is 11.0. The van der Waals surface area contributed by atoms with E-state index in [-0.39, 0.29) is 24.1 Å². The number of nitrogens with one attached hydrogen (secondary N) is 1. The quantitative estimate of drug-likeness (QED) is 0.762. The van der Waals surface area contributed by atoms with Gasteiger partial charge in [-0.1, -0.05) is 18.2 Å². The lowest BCUT2D eigenvalue weighted by Gasteiger charge is -2.12. The van der Waals surface area contributed by atoms with Crippen LogP contribution in [0.4, 0.5) is 0 Å². The molecule has 0 saturated carbocycles. The van der Waals surface area contributed by atoms with Crippen molar-refractivity contribution in [3.8, 4) is 0 Å². The van der Waals surface area contributed by atoms with E-state index in [1.54, 1.807) is 12.3 Å². The lowest BCUT2D eigenvalue weighted by molar-refractivity contribution is -0.122. The Bertz CT molecular complexity index is 880. The zero-order valence-corrected chi connectivity index (χ0v) is 14.0. The minimum absolute atomic E-state index is 0.0388. The van der Waals surface area contributed by atoms with Gasteiger partial charge in [0.05, 0.1) is 6.04 Å². The molecule has 0 aliphatic heterocycles. The predicted molar refractivity (Wildman–Crippen MR) is 91.2 cm³/mol. The van der Waals surface area contributed by atoms with Gasteiger partial charge in [0, 0.05) is 22.1 Å². The first kappa shape index (κ1) is 15.6. The number of halogens is 1. The van der Waals surface area contributed by atoms with Gasteiger partial charge in [-0.15, -0.1) is 0 Å². The van der Waals surface area contributed by atoms with Gasteiger partial charge in [0.15, 0.2) is 0 Å². The lowest BCUT2D eigenvalue weighted by atomic mass is 10.2. The molecule has 1 unspecified atom stereocenters. The number of aromatic nitrogens is 1. The summed E-state index contributed by atoms with van der Waals surface area (Å²) in [5, 5.41) is 3.84. The van der Waals surface area contributed by atoms with Gasteiger partial charge < -0.3 is 14.3 Å². The number of nitrogens with zero attached hydrogens (tertiary/aromatic N) is 1. The maximum absolute atomic E-state index is 12.1. The van der Waals surface area contributed by atoms with Crippen molar-refractivity contribution in [2.45, 2.75) is 19.5 Å². The Hall–Kier alpha value is -2.34. The molecule has 0 aliphatic rings. The maximum Gasteiger partial charge on any atom is 0.251 e. The fraction of sp³-hybridized carbons (Fsp3) is 0.176. The van der Waals surface area contributed by atoms with Crippen LogP contribution in [0.25, 0.3) is 11.0 Å². The van der Waals surface area contributed by atoms with Gasteiger partial charge in [0.25, 0.3) is 5.56 Å².